The zero-order chi connectivity index (χ0) is 15.2. The Bertz CT molecular complexity index is 522. The molecular formula is C15H21N3O3. The van der Waals surface area contributed by atoms with Crippen molar-refractivity contribution in [3.05, 3.63) is 17.7 Å². The van der Waals surface area contributed by atoms with Crippen LogP contribution in [0.2, 0.25) is 0 Å². The van der Waals surface area contributed by atoms with E-state index in [1.165, 1.54) is 0 Å². The Balaban J connectivity index is 2.43. The Morgan fingerprint density at radius 1 is 1.10 bits per heavy atom. The van der Waals surface area contributed by atoms with Crippen molar-refractivity contribution in [1.29, 1.82) is 5.26 Å². The van der Waals surface area contributed by atoms with Crippen LogP contribution in [0.15, 0.2) is 12.1 Å². The molecule has 0 radical (unpaired) electrons. The maximum Gasteiger partial charge on any atom is 0.203 e. The molecule has 1 N–H and O–H groups in total. The van der Waals surface area contributed by atoms with E-state index in [-0.39, 0.29) is 6.04 Å². The molecule has 2 rings (SSSR count). The van der Waals surface area contributed by atoms with E-state index in [1.54, 1.807) is 21.3 Å². The second kappa shape index (κ2) is 7.16. The van der Waals surface area contributed by atoms with Crippen LogP contribution in [0.3, 0.4) is 0 Å². The largest absolute Gasteiger partial charge is 0.493 e. The van der Waals surface area contributed by atoms with Crippen molar-refractivity contribution in [3.8, 4) is 23.3 Å². The average Bonchev–Trinajstić information content (AvgIpc) is 2.55. The van der Waals surface area contributed by atoms with Gasteiger partial charge in [-0.15, -0.1) is 0 Å². The van der Waals surface area contributed by atoms with Gasteiger partial charge in [-0.25, -0.2) is 0 Å². The van der Waals surface area contributed by atoms with Gasteiger partial charge in [-0.3, -0.25) is 4.90 Å². The number of ether oxygens (including phenoxy) is 3. The second-order valence-corrected chi connectivity index (χ2v) is 4.74. The number of piperazine rings is 1. The van der Waals surface area contributed by atoms with Gasteiger partial charge < -0.3 is 19.5 Å². The summed E-state index contributed by atoms with van der Waals surface area (Å²) in [6.07, 6.45) is 0. The predicted molar refractivity (Wildman–Crippen MR) is 78.9 cm³/mol. The highest BCUT2D eigenvalue weighted by Gasteiger charge is 2.27. The van der Waals surface area contributed by atoms with Crippen molar-refractivity contribution in [2.45, 2.75) is 6.04 Å². The number of benzene rings is 1. The lowest BCUT2D eigenvalue weighted by Crippen LogP contribution is -2.44. The monoisotopic (exact) mass is 291 g/mol. The van der Waals surface area contributed by atoms with Crippen molar-refractivity contribution in [2.75, 3.05) is 47.5 Å². The number of nitrogens with one attached hydrogen (secondary N) is 1. The number of rotatable bonds is 5. The zero-order valence-electron chi connectivity index (χ0n) is 12.7. The molecule has 114 valence electrons. The molecule has 1 aromatic rings. The molecule has 1 unspecified atom stereocenters. The molecule has 1 atom stereocenters. The Kier molecular flexibility index (Phi) is 5.26. The Morgan fingerprint density at radius 3 is 2.29 bits per heavy atom. The highest BCUT2D eigenvalue weighted by atomic mass is 16.5. The van der Waals surface area contributed by atoms with E-state index in [4.69, 9.17) is 14.2 Å². The zero-order valence-corrected chi connectivity index (χ0v) is 12.7. The van der Waals surface area contributed by atoms with E-state index in [9.17, 15) is 5.26 Å². The fourth-order valence-electron chi connectivity index (χ4n) is 2.63. The summed E-state index contributed by atoms with van der Waals surface area (Å²) < 4.78 is 16.2. The molecule has 0 aliphatic carbocycles. The molecular weight excluding hydrogens is 270 g/mol. The van der Waals surface area contributed by atoms with E-state index in [2.05, 4.69) is 16.3 Å². The van der Waals surface area contributed by atoms with Crippen LogP contribution in [0.1, 0.15) is 11.6 Å². The van der Waals surface area contributed by atoms with Gasteiger partial charge in [0.15, 0.2) is 11.5 Å². The van der Waals surface area contributed by atoms with Crippen molar-refractivity contribution in [2.24, 2.45) is 0 Å². The third-order valence-corrected chi connectivity index (χ3v) is 3.67. The van der Waals surface area contributed by atoms with Gasteiger partial charge in [0, 0.05) is 31.7 Å². The van der Waals surface area contributed by atoms with Crippen LogP contribution in [0.5, 0.6) is 17.2 Å². The molecule has 1 aromatic carbocycles. The smallest absolute Gasteiger partial charge is 0.203 e. The van der Waals surface area contributed by atoms with E-state index in [1.807, 2.05) is 12.1 Å². The summed E-state index contributed by atoms with van der Waals surface area (Å²) in [6.45, 7) is 3.42. The van der Waals surface area contributed by atoms with Crippen LogP contribution in [0.4, 0.5) is 0 Å². The van der Waals surface area contributed by atoms with Crippen molar-refractivity contribution < 1.29 is 14.2 Å². The van der Waals surface area contributed by atoms with E-state index < -0.39 is 0 Å². The number of nitriles is 1. The van der Waals surface area contributed by atoms with Gasteiger partial charge in [-0.05, 0) is 12.1 Å². The van der Waals surface area contributed by atoms with Crippen LogP contribution in [-0.2, 0) is 0 Å². The van der Waals surface area contributed by atoms with Crippen LogP contribution in [0, 0.1) is 11.3 Å². The maximum atomic E-state index is 9.60. The molecule has 0 saturated carbocycles. The summed E-state index contributed by atoms with van der Waals surface area (Å²) in [7, 11) is 4.72. The van der Waals surface area contributed by atoms with Gasteiger partial charge in [-0.1, -0.05) is 0 Å². The van der Waals surface area contributed by atoms with Crippen molar-refractivity contribution in [3.63, 3.8) is 0 Å². The molecule has 1 heterocycles. The fourth-order valence-corrected chi connectivity index (χ4v) is 2.63. The molecule has 6 heteroatoms. The van der Waals surface area contributed by atoms with Gasteiger partial charge in [0.2, 0.25) is 5.75 Å². The summed E-state index contributed by atoms with van der Waals surface area (Å²) in [5.74, 6) is 1.67. The Morgan fingerprint density at radius 2 is 1.76 bits per heavy atom. The SMILES string of the molecule is COc1ccc(C(C#N)N2CCNCC2)c(OC)c1OC. The first kappa shape index (κ1) is 15.4. The highest BCUT2D eigenvalue weighted by Crippen LogP contribution is 2.43. The first-order chi connectivity index (χ1) is 10.3. The van der Waals surface area contributed by atoms with Crippen molar-refractivity contribution in [1.82, 2.24) is 10.2 Å². The molecule has 1 fully saturated rings. The molecule has 1 saturated heterocycles. The third kappa shape index (κ3) is 3.04. The summed E-state index contributed by atoms with van der Waals surface area (Å²) in [6, 6.07) is 5.69. The standard InChI is InChI=1S/C15H21N3O3/c1-19-13-5-4-11(14(20-2)15(13)21-3)12(10-16)18-8-6-17-7-9-18/h4-5,12,17H,6-9H2,1-3H3. The summed E-state index contributed by atoms with van der Waals surface area (Å²) in [4.78, 5) is 2.14. The molecule has 1 aliphatic heterocycles. The minimum Gasteiger partial charge on any atom is -0.493 e. The number of methoxy groups -OCH3 is 3. The first-order valence-corrected chi connectivity index (χ1v) is 6.90. The minimum absolute atomic E-state index is 0.359. The van der Waals surface area contributed by atoms with E-state index >= 15 is 0 Å². The van der Waals surface area contributed by atoms with Crippen molar-refractivity contribution >= 4 is 0 Å². The molecule has 6 nitrogen and oxygen atoms in total. The number of nitrogens with zero attached hydrogens (tertiary/aromatic N) is 2. The number of hydrogen-bond donors (Lipinski definition) is 1. The van der Waals surface area contributed by atoms with Gasteiger partial charge >= 0.3 is 0 Å². The lowest BCUT2D eigenvalue weighted by atomic mass is 10.0. The number of hydrogen-bond acceptors (Lipinski definition) is 6. The first-order valence-electron chi connectivity index (χ1n) is 6.90. The van der Waals surface area contributed by atoms with Crippen LogP contribution >= 0.6 is 0 Å². The highest BCUT2D eigenvalue weighted by molar-refractivity contribution is 5.57. The summed E-state index contributed by atoms with van der Waals surface area (Å²) in [5, 5.41) is 12.9. The second-order valence-electron chi connectivity index (χ2n) is 4.74. The van der Waals surface area contributed by atoms with Gasteiger partial charge in [0.1, 0.15) is 6.04 Å². The predicted octanol–water partition coefficient (Wildman–Crippen LogP) is 1.18. The Hall–Kier alpha value is -1.97. The average molecular weight is 291 g/mol. The lowest BCUT2D eigenvalue weighted by molar-refractivity contribution is 0.203. The lowest BCUT2D eigenvalue weighted by Gasteiger charge is -2.32. The Labute approximate surface area is 125 Å². The van der Waals surface area contributed by atoms with Crippen LogP contribution in [0.25, 0.3) is 0 Å². The molecule has 0 spiro atoms. The normalized spacial score (nSPS) is 16.9. The topological polar surface area (TPSA) is 66.8 Å². The molecule has 1 aliphatic rings. The summed E-state index contributed by atoms with van der Waals surface area (Å²) >= 11 is 0. The van der Waals surface area contributed by atoms with Crippen LogP contribution in [-0.4, -0.2) is 52.4 Å². The maximum absolute atomic E-state index is 9.60. The van der Waals surface area contributed by atoms with E-state index in [0.29, 0.717) is 17.2 Å². The van der Waals surface area contributed by atoms with Gasteiger partial charge in [0.25, 0.3) is 0 Å². The molecule has 0 bridgehead atoms. The minimum atomic E-state index is -0.359. The summed E-state index contributed by atoms with van der Waals surface area (Å²) in [5.41, 5.74) is 0.805. The molecule has 21 heavy (non-hydrogen) atoms. The van der Waals surface area contributed by atoms with Gasteiger partial charge in [0.05, 0.1) is 27.4 Å². The molecule has 0 aromatic heterocycles. The third-order valence-electron chi connectivity index (χ3n) is 3.67. The van der Waals surface area contributed by atoms with Crippen LogP contribution < -0.4 is 19.5 Å². The quantitative estimate of drug-likeness (QED) is 0.879. The van der Waals surface area contributed by atoms with Gasteiger partial charge in [-0.2, -0.15) is 5.26 Å². The van der Waals surface area contributed by atoms with E-state index in [0.717, 1.165) is 31.7 Å². The molecule has 0 amide bonds. The fraction of sp³-hybridized carbons (Fsp3) is 0.533.